The Morgan fingerprint density at radius 2 is 1.67 bits per heavy atom. The number of aliphatic hydroxyl groups is 1. The minimum Gasteiger partial charge on any atom is -0.397 e. The largest absolute Gasteiger partial charge is 0.397 e. The van der Waals surface area contributed by atoms with E-state index in [-0.39, 0.29) is 25.0 Å². The van der Waals surface area contributed by atoms with Crippen LogP contribution in [0.4, 0.5) is 17.1 Å². The van der Waals surface area contributed by atoms with Gasteiger partial charge in [0.2, 0.25) is 11.8 Å². The quantitative estimate of drug-likeness (QED) is 0.244. The number of amides is 2. The van der Waals surface area contributed by atoms with E-state index in [9.17, 15) is 14.7 Å². The molecule has 6 N–H and O–H groups in total. The van der Waals surface area contributed by atoms with Crippen LogP contribution >= 0.6 is 11.6 Å². The number of nitrogens with one attached hydrogen (secondary N) is 3. The number of para-hydroxylation sites is 2. The molecule has 0 saturated heterocycles. The number of aliphatic hydroxyl groups excluding tert-OH is 1. The molecule has 33 heavy (non-hydrogen) atoms. The Morgan fingerprint density at radius 3 is 2.33 bits per heavy atom. The Kier molecular flexibility index (Phi) is 8.60. The summed E-state index contributed by atoms with van der Waals surface area (Å²) in [6.07, 6.45) is 3.08. The van der Waals surface area contributed by atoms with Gasteiger partial charge in [0.25, 0.3) is 0 Å². The first-order chi connectivity index (χ1) is 16.0. The minimum atomic E-state index is -0.671. The molecule has 3 rings (SSSR count). The van der Waals surface area contributed by atoms with E-state index in [1.165, 1.54) is 6.08 Å². The fourth-order valence-electron chi connectivity index (χ4n) is 3.08. The summed E-state index contributed by atoms with van der Waals surface area (Å²) in [6, 6.07) is 20.4. The summed E-state index contributed by atoms with van der Waals surface area (Å²) in [7, 11) is 0. The maximum absolute atomic E-state index is 12.8. The Hall–Kier alpha value is -3.65. The van der Waals surface area contributed by atoms with Crippen LogP contribution in [0.5, 0.6) is 0 Å². The highest BCUT2D eigenvalue weighted by molar-refractivity contribution is 6.30. The molecule has 7 nitrogen and oxygen atoms in total. The van der Waals surface area contributed by atoms with Crippen LogP contribution < -0.4 is 21.7 Å². The Morgan fingerprint density at radius 1 is 0.970 bits per heavy atom. The summed E-state index contributed by atoms with van der Waals surface area (Å²) in [4.78, 5) is 25.0. The third-order valence-electron chi connectivity index (χ3n) is 4.75. The Balaban J connectivity index is 1.67. The SMILES string of the molecule is Nc1ccccc1NC(=O)C=Cc1ccc(C(NCCO)C(=O)Nc2ccc(Cl)cc2)cc1. The van der Waals surface area contributed by atoms with Crippen molar-refractivity contribution < 1.29 is 14.7 Å². The second kappa shape index (κ2) is 11.8. The van der Waals surface area contributed by atoms with E-state index in [2.05, 4.69) is 16.0 Å². The van der Waals surface area contributed by atoms with Gasteiger partial charge in [0, 0.05) is 23.3 Å². The molecule has 1 atom stereocenters. The lowest BCUT2D eigenvalue weighted by molar-refractivity contribution is -0.118. The lowest BCUT2D eigenvalue weighted by Gasteiger charge is -2.19. The second-order valence-corrected chi connectivity index (χ2v) is 7.62. The van der Waals surface area contributed by atoms with Gasteiger partial charge in [-0.1, -0.05) is 48.0 Å². The van der Waals surface area contributed by atoms with Crippen molar-refractivity contribution in [3.63, 3.8) is 0 Å². The average molecular weight is 465 g/mol. The van der Waals surface area contributed by atoms with Gasteiger partial charge < -0.3 is 21.5 Å². The van der Waals surface area contributed by atoms with Crippen molar-refractivity contribution in [2.24, 2.45) is 0 Å². The number of hydrogen-bond donors (Lipinski definition) is 5. The monoisotopic (exact) mass is 464 g/mol. The van der Waals surface area contributed by atoms with E-state index >= 15 is 0 Å². The zero-order chi connectivity index (χ0) is 23.6. The van der Waals surface area contributed by atoms with E-state index in [0.29, 0.717) is 27.6 Å². The molecule has 0 heterocycles. The van der Waals surface area contributed by atoms with Gasteiger partial charge in [-0.25, -0.2) is 0 Å². The Bertz CT molecular complexity index is 1120. The van der Waals surface area contributed by atoms with Crippen LogP contribution in [0.25, 0.3) is 6.08 Å². The van der Waals surface area contributed by atoms with Crippen molar-refractivity contribution in [2.75, 3.05) is 29.5 Å². The van der Waals surface area contributed by atoms with Crippen molar-refractivity contribution in [3.8, 4) is 0 Å². The van der Waals surface area contributed by atoms with Crippen LogP contribution in [0.15, 0.2) is 78.9 Å². The van der Waals surface area contributed by atoms with Gasteiger partial charge in [0.1, 0.15) is 6.04 Å². The molecule has 3 aromatic carbocycles. The number of anilines is 3. The van der Waals surface area contributed by atoms with E-state index in [0.717, 1.165) is 5.56 Å². The summed E-state index contributed by atoms with van der Waals surface area (Å²) < 4.78 is 0. The predicted octanol–water partition coefficient (Wildman–Crippen LogP) is 3.84. The third-order valence-corrected chi connectivity index (χ3v) is 5.00. The summed E-state index contributed by atoms with van der Waals surface area (Å²) in [5, 5.41) is 18.4. The highest BCUT2D eigenvalue weighted by Crippen LogP contribution is 2.20. The predicted molar refractivity (Wildman–Crippen MR) is 133 cm³/mol. The van der Waals surface area contributed by atoms with Crippen LogP contribution in [-0.2, 0) is 9.59 Å². The fourth-order valence-corrected chi connectivity index (χ4v) is 3.20. The molecule has 3 aromatic rings. The molecule has 1 unspecified atom stereocenters. The molecule has 8 heteroatoms. The van der Waals surface area contributed by atoms with Gasteiger partial charge in [0.15, 0.2) is 0 Å². The maximum Gasteiger partial charge on any atom is 0.248 e. The molecular formula is C25H25ClN4O3. The summed E-state index contributed by atoms with van der Waals surface area (Å²) in [5.41, 5.74) is 8.99. The van der Waals surface area contributed by atoms with Crippen molar-refractivity contribution >= 4 is 46.6 Å². The van der Waals surface area contributed by atoms with E-state index in [1.54, 1.807) is 78.9 Å². The van der Waals surface area contributed by atoms with Crippen molar-refractivity contribution in [3.05, 3.63) is 95.0 Å². The minimum absolute atomic E-state index is 0.105. The maximum atomic E-state index is 12.8. The summed E-state index contributed by atoms with van der Waals surface area (Å²) in [6.45, 7) is 0.149. The zero-order valence-electron chi connectivity index (χ0n) is 17.8. The fraction of sp³-hybridized carbons (Fsp3) is 0.120. The number of carbonyl (C=O) groups excluding carboxylic acids is 2. The van der Waals surface area contributed by atoms with Crippen LogP contribution in [0.3, 0.4) is 0 Å². The molecule has 0 spiro atoms. The number of nitrogens with two attached hydrogens (primary N) is 1. The third kappa shape index (κ3) is 7.18. The van der Waals surface area contributed by atoms with E-state index < -0.39 is 6.04 Å². The smallest absolute Gasteiger partial charge is 0.248 e. The number of hydrogen-bond acceptors (Lipinski definition) is 5. The zero-order valence-corrected chi connectivity index (χ0v) is 18.5. The summed E-state index contributed by atoms with van der Waals surface area (Å²) >= 11 is 5.89. The molecule has 0 aromatic heterocycles. The Labute approximate surface area is 197 Å². The average Bonchev–Trinajstić information content (AvgIpc) is 2.82. The molecule has 0 aliphatic heterocycles. The van der Waals surface area contributed by atoms with Crippen LogP contribution in [0, 0.1) is 0 Å². The first-order valence-electron chi connectivity index (χ1n) is 10.3. The molecular weight excluding hydrogens is 440 g/mol. The molecule has 2 amide bonds. The molecule has 0 fully saturated rings. The lowest BCUT2D eigenvalue weighted by atomic mass is 10.0. The van der Waals surface area contributed by atoms with E-state index in [1.807, 2.05) is 0 Å². The second-order valence-electron chi connectivity index (χ2n) is 7.18. The van der Waals surface area contributed by atoms with Gasteiger partial charge in [0.05, 0.1) is 18.0 Å². The van der Waals surface area contributed by atoms with Gasteiger partial charge in [-0.05, 0) is 53.6 Å². The lowest BCUT2D eigenvalue weighted by Crippen LogP contribution is -2.34. The number of halogens is 1. The summed E-state index contributed by atoms with van der Waals surface area (Å²) in [5.74, 6) is -0.573. The van der Waals surface area contributed by atoms with Crippen LogP contribution in [-0.4, -0.2) is 30.1 Å². The molecule has 0 radical (unpaired) electrons. The molecule has 0 bridgehead atoms. The van der Waals surface area contributed by atoms with Gasteiger partial charge >= 0.3 is 0 Å². The molecule has 170 valence electrons. The van der Waals surface area contributed by atoms with E-state index in [4.69, 9.17) is 17.3 Å². The van der Waals surface area contributed by atoms with Crippen LogP contribution in [0.1, 0.15) is 17.2 Å². The standard InChI is InChI=1S/C25H25ClN4O3/c26-19-10-12-20(13-11-19)29-25(33)24(28-15-16-31)18-8-5-17(6-9-18)7-14-23(32)30-22-4-2-1-3-21(22)27/h1-14,24,28,31H,15-16,27H2,(H,29,33)(H,30,32). The highest BCUT2D eigenvalue weighted by Gasteiger charge is 2.20. The van der Waals surface area contributed by atoms with Gasteiger partial charge in [-0.15, -0.1) is 0 Å². The van der Waals surface area contributed by atoms with Crippen molar-refractivity contribution in [1.82, 2.24) is 5.32 Å². The normalized spacial score (nSPS) is 11.8. The van der Waals surface area contributed by atoms with Crippen molar-refractivity contribution in [2.45, 2.75) is 6.04 Å². The number of rotatable bonds is 9. The molecule has 0 aliphatic rings. The highest BCUT2D eigenvalue weighted by atomic mass is 35.5. The first-order valence-corrected chi connectivity index (χ1v) is 10.7. The van der Waals surface area contributed by atoms with Crippen LogP contribution in [0.2, 0.25) is 5.02 Å². The van der Waals surface area contributed by atoms with Crippen molar-refractivity contribution in [1.29, 1.82) is 0 Å². The topological polar surface area (TPSA) is 116 Å². The first kappa shape index (κ1) is 24.0. The van der Waals surface area contributed by atoms with Gasteiger partial charge in [-0.2, -0.15) is 0 Å². The number of carbonyl (C=O) groups is 2. The molecule has 0 aliphatic carbocycles. The number of benzene rings is 3. The number of nitrogen functional groups attached to an aromatic ring is 1. The molecule has 0 saturated carbocycles. The van der Waals surface area contributed by atoms with Gasteiger partial charge in [-0.3, -0.25) is 14.9 Å².